The van der Waals surface area contributed by atoms with Gasteiger partial charge < -0.3 is 5.11 Å². The van der Waals surface area contributed by atoms with E-state index < -0.39 is 17.6 Å². The summed E-state index contributed by atoms with van der Waals surface area (Å²) in [6.07, 6.45) is 0.764. The lowest BCUT2D eigenvalue weighted by Gasteiger charge is -2.13. The molecule has 0 saturated heterocycles. The minimum absolute atomic E-state index is 0.0789. The first-order valence-corrected chi connectivity index (χ1v) is 4.68. The zero-order chi connectivity index (χ0) is 9.78. The standard InChI is InChI=1S/C7H12F2O2S/c1-3-5(2)12-4-7(8,9)6(10)11/h5H,3-4H2,1-2H3,(H,10,11). The van der Waals surface area contributed by atoms with Crippen LogP contribution in [-0.4, -0.2) is 28.0 Å². The van der Waals surface area contributed by atoms with Gasteiger partial charge in [-0.3, -0.25) is 0 Å². The molecule has 5 heteroatoms. The highest BCUT2D eigenvalue weighted by atomic mass is 32.2. The lowest BCUT2D eigenvalue weighted by molar-refractivity contribution is -0.161. The fraction of sp³-hybridized carbons (Fsp3) is 0.857. The molecule has 0 radical (unpaired) electrons. The third-order valence-corrected chi connectivity index (χ3v) is 2.87. The van der Waals surface area contributed by atoms with Crippen LogP contribution in [0.3, 0.4) is 0 Å². The fourth-order valence-corrected chi connectivity index (χ4v) is 1.28. The van der Waals surface area contributed by atoms with E-state index >= 15 is 0 Å². The van der Waals surface area contributed by atoms with Gasteiger partial charge in [-0.25, -0.2) is 4.79 Å². The summed E-state index contributed by atoms with van der Waals surface area (Å²) in [6.45, 7) is 3.67. The van der Waals surface area contributed by atoms with Gasteiger partial charge in [-0.15, -0.1) is 0 Å². The van der Waals surface area contributed by atoms with E-state index in [4.69, 9.17) is 5.11 Å². The molecular weight excluding hydrogens is 186 g/mol. The fourth-order valence-electron chi connectivity index (χ4n) is 0.427. The van der Waals surface area contributed by atoms with Gasteiger partial charge in [-0.1, -0.05) is 13.8 Å². The second kappa shape index (κ2) is 4.64. The van der Waals surface area contributed by atoms with Crippen molar-refractivity contribution in [3.8, 4) is 0 Å². The van der Waals surface area contributed by atoms with Crippen molar-refractivity contribution >= 4 is 17.7 Å². The van der Waals surface area contributed by atoms with Gasteiger partial charge in [0.25, 0.3) is 0 Å². The number of halogens is 2. The SMILES string of the molecule is CCC(C)SCC(F)(F)C(=O)O. The Morgan fingerprint density at radius 3 is 2.50 bits per heavy atom. The van der Waals surface area contributed by atoms with Crippen LogP contribution in [0.5, 0.6) is 0 Å². The lowest BCUT2D eigenvalue weighted by Crippen LogP contribution is -2.31. The predicted molar refractivity (Wildman–Crippen MR) is 44.8 cm³/mol. The minimum Gasteiger partial charge on any atom is -0.477 e. The van der Waals surface area contributed by atoms with Crippen LogP contribution >= 0.6 is 11.8 Å². The zero-order valence-electron chi connectivity index (χ0n) is 7.01. The largest absolute Gasteiger partial charge is 0.477 e. The highest BCUT2D eigenvalue weighted by Gasteiger charge is 2.38. The minimum atomic E-state index is -3.59. The van der Waals surface area contributed by atoms with Crippen molar-refractivity contribution in [1.29, 1.82) is 0 Å². The van der Waals surface area contributed by atoms with E-state index in [0.717, 1.165) is 18.2 Å². The zero-order valence-corrected chi connectivity index (χ0v) is 7.83. The monoisotopic (exact) mass is 198 g/mol. The molecule has 0 aromatic carbocycles. The molecule has 0 heterocycles. The molecular formula is C7H12F2O2S. The summed E-state index contributed by atoms with van der Waals surface area (Å²) in [6, 6.07) is 0. The van der Waals surface area contributed by atoms with Gasteiger partial charge in [0.1, 0.15) is 0 Å². The van der Waals surface area contributed by atoms with Crippen LogP contribution in [0.1, 0.15) is 20.3 Å². The Kier molecular flexibility index (Phi) is 4.52. The second-order valence-electron chi connectivity index (χ2n) is 2.54. The van der Waals surface area contributed by atoms with Crippen LogP contribution in [0, 0.1) is 0 Å². The van der Waals surface area contributed by atoms with Crippen molar-refractivity contribution < 1.29 is 18.7 Å². The second-order valence-corrected chi connectivity index (χ2v) is 3.97. The third-order valence-electron chi connectivity index (χ3n) is 1.44. The molecule has 0 spiro atoms. The molecule has 0 aromatic heterocycles. The molecule has 0 aliphatic rings. The number of carboxylic acids is 1. The Morgan fingerprint density at radius 2 is 2.17 bits per heavy atom. The van der Waals surface area contributed by atoms with Crippen LogP contribution < -0.4 is 0 Å². The number of carboxylic acid groups (broad SMARTS) is 1. The van der Waals surface area contributed by atoms with Crippen LogP contribution in [-0.2, 0) is 4.79 Å². The van der Waals surface area contributed by atoms with Gasteiger partial charge >= 0.3 is 11.9 Å². The van der Waals surface area contributed by atoms with E-state index in [9.17, 15) is 13.6 Å². The molecule has 0 aromatic rings. The van der Waals surface area contributed by atoms with E-state index in [1.807, 2.05) is 6.92 Å². The summed E-state index contributed by atoms with van der Waals surface area (Å²) in [4.78, 5) is 9.96. The summed E-state index contributed by atoms with van der Waals surface area (Å²) in [5, 5.41) is 8.14. The molecule has 72 valence electrons. The third kappa shape index (κ3) is 3.90. The molecule has 0 aliphatic heterocycles. The number of hydrogen-bond donors (Lipinski definition) is 1. The number of thioether (sulfide) groups is 1. The number of hydrogen-bond acceptors (Lipinski definition) is 2. The lowest BCUT2D eigenvalue weighted by atomic mass is 10.4. The van der Waals surface area contributed by atoms with Crippen LogP contribution in [0.4, 0.5) is 8.78 Å². The normalized spacial score (nSPS) is 14.3. The molecule has 0 bridgehead atoms. The first-order valence-electron chi connectivity index (χ1n) is 3.63. The van der Waals surface area contributed by atoms with Gasteiger partial charge in [-0.2, -0.15) is 20.5 Å². The Balaban J connectivity index is 3.83. The maximum atomic E-state index is 12.4. The van der Waals surface area contributed by atoms with Crippen molar-refractivity contribution in [3.05, 3.63) is 0 Å². The number of aliphatic carboxylic acids is 1. The number of carbonyl (C=O) groups is 1. The number of alkyl halides is 2. The van der Waals surface area contributed by atoms with E-state index in [1.165, 1.54) is 0 Å². The van der Waals surface area contributed by atoms with Crippen LogP contribution in [0.25, 0.3) is 0 Å². The van der Waals surface area contributed by atoms with Crippen molar-refractivity contribution in [1.82, 2.24) is 0 Å². The first kappa shape index (κ1) is 11.7. The first-order chi connectivity index (χ1) is 5.40. The smallest absolute Gasteiger partial charge is 0.375 e. The Hall–Kier alpha value is -0.320. The molecule has 12 heavy (non-hydrogen) atoms. The average Bonchev–Trinajstić information content (AvgIpc) is 2.00. The number of rotatable bonds is 5. The summed E-state index contributed by atoms with van der Waals surface area (Å²) >= 11 is 0.981. The van der Waals surface area contributed by atoms with E-state index in [2.05, 4.69) is 0 Å². The van der Waals surface area contributed by atoms with Crippen molar-refractivity contribution in [2.75, 3.05) is 5.75 Å². The van der Waals surface area contributed by atoms with Gasteiger partial charge in [0, 0.05) is 5.25 Å². The summed E-state index contributed by atoms with van der Waals surface area (Å²) in [5.41, 5.74) is 0. The van der Waals surface area contributed by atoms with Crippen LogP contribution in [0.15, 0.2) is 0 Å². The summed E-state index contributed by atoms with van der Waals surface area (Å²) < 4.78 is 24.8. The van der Waals surface area contributed by atoms with Gasteiger partial charge in [0.15, 0.2) is 0 Å². The highest BCUT2D eigenvalue weighted by Crippen LogP contribution is 2.24. The van der Waals surface area contributed by atoms with Gasteiger partial charge in [0.05, 0.1) is 5.75 Å². The molecule has 0 amide bonds. The van der Waals surface area contributed by atoms with Gasteiger partial charge in [0.2, 0.25) is 0 Å². The van der Waals surface area contributed by atoms with E-state index in [-0.39, 0.29) is 5.25 Å². The molecule has 1 unspecified atom stereocenters. The quantitative estimate of drug-likeness (QED) is 0.736. The van der Waals surface area contributed by atoms with E-state index in [1.54, 1.807) is 6.92 Å². The summed E-state index contributed by atoms with van der Waals surface area (Å²) in [7, 11) is 0. The Bertz CT molecular complexity index is 161. The molecule has 1 N–H and O–H groups in total. The van der Waals surface area contributed by atoms with Crippen LogP contribution in [0.2, 0.25) is 0 Å². The molecule has 2 nitrogen and oxygen atoms in total. The topological polar surface area (TPSA) is 37.3 Å². The van der Waals surface area contributed by atoms with E-state index in [0.29, 0.717) is 0 Å². The maximum absolute atomic E-state index is 12.4. The van der Waals surface area contributed by atoms with Gasteiger partial charge in [-0.05, 0) is 6.42 Å². The highest BCUT2D eigenvalue weighted by molar-refractivity contribution is 7.99. The van der Waals surface area contributed by atoms with Crippen molar-refractivity contribution in [2.45, 2.75) is 31.4 Å². The molecule has 0 rings (SSSR count). The molecule has 0 aliphatic carbocycles. The summed E-state index contributed by atoms with van der Waals surface area (Å²) in [5.74, 6) is -6.27. The van der Waals surface area contributed by atoms with Crippen molar-refractivity contribution in [2.24, 2.45) is 0 Å². The Morgan fingerprint density at radius 1 is 1.67 bits per heavy atom. The molecule has 0 fully saturated rings. The maximum Gasteiger partial charge on any atom is 0.375 e. The molecule has 1 atom stereocenters. The Labute approximate surface area is 74.3 Å². The predicted octanol–water partition coefficient (Wildman–Crippen LogP) is 2.24. The molecule has 0 saturated carbocycles. The average molecular weight is 198 g/mol. The van der Waals surface area contributed by atoms with Crippen molar-refractivity contribution in [3.63, 3.8) is 0 Å².